The van der Waals surface area contributed by atoms with Gasteiger partial charge in [0.2, 0.25) is 0 Å². The summed E-state index contributed by atoms with van der Waals surface area (Å²) in [4.78, 5) is 11.1. The number of nitrogens with two attached hydrogens (primary N) is 1. The minimum Gasteiger partial charge on any atom is -0.469 e. The van der Waals surface area contributed by atoms with E-state index in [1.165, 1.54) is 0 Å². The van der Waals surface area contributed by atoms with Crippen molar-refractivity contribution in [1.82, 2.24) is 14.7 Å². The molecule has 1 unspecified atom stereocenters. The van der Waals surface area contributed by atoms with E-state index in [1.807, 2.05) is 25.4 Å². The lowest BCUT2D eigenvalue weighted by molar-refractivity contribution is -0.169. The number of rotatable bonds is 5. The van der Waals surface area contributed by atoms with Gasteiger partial charge in [0.1, 0.15) is 0 Å². The fraction of sp³-hybridized carbons (Fsp3) is 0.440. The van der Waals surface area contributed by atoms with Crippen LogP contribution in [0.15, 0.2) is 64.6 Å². The van der Waals surface area contributed by atoms with Crippen molar-refractivity contribution >= 4 is 5.71 Å². The molecule has 1 aromatic rings. The molecule has 1 saturated heterocycles. The van der Waals surface area contributed by atoms with Gasteiger partial charge in [-0.15, -0.1) is 0 Å². The zero-order valence-corrected chi connectivity index (χ0v) is 19.8. The van der Waals surface area contributed by atoms with Crippen LogP contribution in [0.25, 0.3) is 0 Å². The van der Waals surface area contributed by atoms with Crippen LogP contribution in [-0.2, 0) is 4.74 Å². The maximum Gasteiger partial charge on any atom is 0.422 e. The lowest BCUT2D eigenvalue weighted by atomic mass is 9.93. The van der Waals surface area contributed by atoms with Gasteiger partial charge in [0.15, 0.2) is 18.8 Å². The van der Waals surface area contributed by atoms with Gasteiger partial charge >= 0.3 is 6.18 Å². The molecule has 0 bridgehead atoms. The van der Waals surface area contributed by atoms with E-state index in [0.717, 1.165) is 48.4 Å². The van der Waals surface area contributed by atoms with Crippen LogP contribution in [0.3, 0.4) is 0 Å². The number of halogens is 3. The average molecular weight is 487 g/mol. The second-order valence-corrected chi connectivity index (χ2v) is 9.05. The summed E-state index contributed by atoms with van der Waals surface area (Å²) in [6, 6.07) is 9.60. The van der Waals surface area contributed by atoms with E-state index in [0.29, 0.717) is 12.1 Å². The maximum atomic E-state index is 12.6. The van der Waals surface area contributed by atoms with Crippen molar-refractivity contribution in [3.8, 4) is 6.07 Å². The molecule has 4 rings (SSSR count). The van der Waals surface area contributed by atoms with Gasteiger partial charge in [-0.1, -0.05) is 18.2 Å². The normalized spacial score (nSPS) is 22.1. The summed E-state index contributed by atoms with van der Waals surface area (Å²) in [6.07, 6.45) is 2.59. The van der Waals surface area contributed by atoms with Crippen molar-refractivity contribution in [3.63, 3.8) is 0 Å². The molecule has 3 heterocycles. The summed E-state index contributed by atoms with van der Waals surface area (Å²) in [5, 5.41) is 9.19. The molecule has 0 spiro atoms. The largest absolute Gasteiger partial charge is 0.469 e. The van der Waals surface area contributed by atoms with E-state index >= 15 is 0 Å². The molecular formula is C25H29F3N6O. The first-order chi connectivity index (χ1) is 16.6. The molecule has 1 fully saturated rings. The molecular weight excluding hydrogens is 457 g/mol. The Kier molecular flexibility index (Phi) is 7.19. The van der Waals surface area contributed by atoms with Gasteiger partial charge in [-0.2, -0.15) is 18.4 Å². The molecule has 3 aliphatic rings. The number of likely N-dealkylation sites (N-methyl/N-ethyl adjacent to an activating group) is 1. The number of alkyl halides is 3. The highest BCUT2D eigenvalue weighted by Gasteiger charge is 2.32. The molecule has 7 nitrogen and oxygen atoms in total. The molecule has 0 saturated carbocycles. The third kappa shape index (κ3) is 5.86. The first kappa shape index (κ1) is 24.8. The summed E-state index contributed by atoms with van der Waals surface area (Å²) < 4.78 is 42.8. The van der Waals surface area contributed by atoms with E-state index < -0.39 is 12.8 Å². The number of aliphatic imine (C=N–C) groups is 1. The SMILES string of the molecule is CN1CC(C2=CN(C)C(N3CCC(N)CC3)N=C2c2ccc(C#N)cc2)=CC=C1OCC(F)(F)F. The van der Waals surface area contributed by atoms with Gasteiger partial charge in [0, 0.05) is 57.1 Å². The molecule has 10 heteroatoms. The molecule has 0 radical (unpaired) electrons. The number of nitriles is 1. The van der Waals surface area contributed by atoms with Crippen molar-refractivity contribution in [2.75, 3.05) is 40.3 Å². The topological polar surface area (TPSA) is 81.1 Å². The van der Waals surface area contributed by atoms with Gasteiger partial charge in [-0.25, -0.2) is 4.99 Å². The number of nitrogens with zero attached hydrogens (tertiary/aromatic N) is 5. The van der Waals surface area contributed by atoms with Crippen molar-refractivity contribution in [2.45, 2.75) is 31.3 Å². The first-order valence-electron chi connectivity index (χ1n) is 11.5. The third-order valence-electron chi connectivity index (χ3n) is 6.33. The summed E-state index contributed by atoms with van der Waals surface area (Å²) in [5.41, 5.74) is 10.1. The second kappa shape index (κ2) is 10.1. The minimum absolute atomic E-state index is 0.162. The highest BCUT2D eigenvalue weighted by atomic mass is 19.4. The van der Waals surface area contributed by atoms with Crippen LogP contribution in [0, 0.1) is 11.3 Å². The Balaban J connectivity index is 1.66. The monoisotopic (exact) mass is 486 g/mol. The first-order valence-corrected chi connectivity index (χ1v) is 11.5. The zero-order chi connectivity index (χ0) is 25.2. The molecule has 35 heavy (non-hydrogen) atoms. The van der Waals surface area contributed by atoms with Crippen LogP contribution in [0.2, 0.25) is 0 Å². The van der Waals surface area contributed by atoms with Gasteiger partial charge in [0.25, 0.3) is 0 Å². The third-order valence-corrected chi connectivity index (χ3v) is 6.33. The Morgan fingerprint density at radius 1 is 1.14 bits per heavy atom. The Morgan fingerprint density at radius 2 is 1.83 bits per heavy atom. The predicted octanol–water partition coefficient (Wildman–Crippen LogP) is 3.18. The van der Waals surface area contributed by atoms with E-state index in [-0.39, 0.29) is 18.2 Å². The number of ether oxygens (including phenoxy) is 1. The van der Waals surface area contributed by atoms with Crippen LogP contribution in [0.5, 0.6) is 0 Å². The van der Waals surface area contributed by atoms with Gasteiger partial charge in [-0.3, -0.25) is 4.90 Å². The van der Waals surface area contributed by atoms with E-state index in [1.54, 1.807) is 36.2 Å². The van der Waals surface area contributed by atoms with Crippen LogP contribution >= 0.6 is 0 Å². The lowest BCUT2D eigenvalue weighted by Gasteiger charge is -2.41. The summed E-state index contributed by atoms with van der Waals surface area (Å²) >= 11 is 0. The van der Waals surface area contributed by atoms with Crippen LogP contribution < -0.4 is 5.73 Å². The molecule has 186 valence electrons. The number of piperidine rings is 1. The minimum atomic E-state index is -4.40. The smallest absolute Gasteiger partial charge is 0.422 e. The van der Waals surface area contributed by atoms with Gasteiger partial charge < -0.3 is 20.3 Å². The number of likely N-dealkylation sites (tertiary alicyclic amines) is 1. The predicted molar refractivity (Wildman–Crippen MR) is 127 cm³/mol. The number of hydrogen-bond donors (Lipinski definition) is 1. The number of benzene rings is 1. The lowest BCUT2D eigenvalue weighted by Crippen LogP contribution is -2.51. The molecule has 2 N–H and O–H groups in total. The molecule has 0 aromatic heterocycles. The fourth-order valence-electron chi connectivity index (χ4n) is 4.44. The maximum absolute atomic E-state index is 12.6. The second-order valence-electron chi connectivity index (χ2n) is 9.05. The highest BCUT2D eigenvalue weighted by molar-refractivity contribution is 6.15. The summed E-state index contributed by atoms with van der Waals surface area (Å²) in [6.45, 7) is 0.716. The quantitative estimate of drug-likeness (QED) is 0.689. The molecule has 0 amide bonds. The Bertz CT molecular complexity index is 1090. The Morgan fingerprint density at radius 3 is 2.43 bits per heavy atom. The molecule has 1 atom stereocenters. The Labute approximate surface area is 203 Å². The van der Waals surface area contributed by atoms with Crippen LogP contribution in [0.4, 0.5) is 13.2 Å². The van der Waals surface area contributed by atoms with Crippen molar-refractivity contribution in [1.29, 1.82) is 5.26 Å². The van der Waals surface area contributed by atoms with E-state index in [4.69, 9.17) is 15.5 Å². The average Bonchev–Trinajstić information content (AvgIpc) is 2.83. The standard InChI is InChI=1S/C25H29F3N6O/c1-32-14-19(7-8-22(32)35-16-25(26,27)28)21-15-33(2)24(34-11-9-20(30)10-12-34)31-23(21)18-5-3-17(13-29)4-6-18/h3-8,15,20,24H,9-12,14,16,30H2,1-2H3. The van der Waals surface area contributed by atoms with Crippen molar-refractivity contribution in [3.05, 3.63) is 70.8 Å². The molecule has 3 aliphatic heterocycles. The highest BCUT2D eigenvalue weighted by Crippen LogP contribution is 2.30. The fourth-order valence-corrected chi connectivity index (χ4v) is 4.44. The molecule has 1 aromatic carbocycles. The number of allylic oxidation sites excluding steroid dienone is 2. The molecule has 0 aliphatic carbocycles. The van der Waals surface area contributed by atoms with Gasteiger partial charge in [0.05, 0.1) is 17.3 Å². The van der Waals surface area contributed by atoms with E-state index in [9.17, 15) is 18.4 Å². The van der Waals surface area contributed by atoms with E-state index in [2.05, 4.69) is 15.9 Å². The van der Waals surface area contributed by atoms with Crippen LogP contribution in [-0.4, -0.2) is 79.3 Å². The summed E-state index contributed by atoms with van der Waals surface area (Å²) in [5.74, 6) is 0.162. The van der Waals surface area contributed by atoms with Crippen LogP contribution in [0.1, 0.15) is 24.0 Å². The number of hydrogen-bond acceptors (Lipinski definition) is 7. The van der Waals surface area contributed by atoms with Crippen molar-refractivity contribution in [2.24, 2.45) is 10.7 Å². The van der Waals surface area contributed by atoms with Crippen molar-refractivity contribution < 1.29 is 17.9 Å². The zero-order valence-electron chi connectivity index (χ0n) is 19.8. The summed E-state index contributed by atoms with van der Waals surface area (Å²) in [7, 11) is 3.67. The van der Waals surface area contributed by atoms with Gasteiger partial charge in [-0.05, 0) is 36.6 Å². The Hall–Kier alpha value is -3.29.